The zero-order valence-electron chi connectivity index (χ0n) is 14.8. The minimum Gasteiger partial charge on any atom is -0.364 e. The maximum Gasteiger partial charge on any atom is 0.323 e. The van der Waals surface area contributed by atoms with Gasteiger partial charge in [-0.05, 0) is 48.5 Å². The van der Waals surface area contributed by atoms with Gasteiger partial charge in [-0.15, -0.1) is 0 Å². The molecule has 3 amide bonds. The molecule has 0 spiro atoms. The molecule has 28 heavy (non-hydrogen) atoms. The molecule has 0 aliphatic carbocycles. The van der Waals surface area contributed by atoms with Crippen LogP contribution in [0.5, 0.6) is 0 Å². The van der Waals surface area contributed by atoms with Crippen LogP contribution in [0.3, 0.4) is 0 Å². The fourth-order valence-corrected chi connectivity index (χ4v) is 2.93. The van der Waals surface area contributed by atoms with Crippen molar-refractivity contribution in [3.8, 4) is 5.82 Å². The highest BCUT2D eigenvalue weighted by Gasteiger charge is 2.09. The van der Waals surface area contributed by atoms with E-state index in [9.17, 15) is 9.59 Å². The molecule has 2 aromatic carbocycles. The maximum absolute atomic E-state index is 12.2. The lowest BCUT2D eigenvalue weighted by Gasteiger charge is -2.09. The first-order valence-electron chi connectivity index (χ1n) is 8.61. The second-order valence-electron chi connectivity index (χ2n) is 6.15. The van der Waals surface area contributed by atoms with E-state index in [1.54, 1.807) is 24.3 Å². The molecule has 2 aromatic heterocycles. The van der Waals surface area contributed by atoms with Gasteiger partial charge in [0, 0.05) is 23.0 Å². The Balaban J connectivity index is 1.57. The Kier molecular flexibility index (Phi) is 4.47. The minimum atomic E-state index is -0.575. The number of para-hydroxylation sites is 1. The van der Waals surface area contributed by atoms with E-state index in [0.29, 0.717) is 17.2 Å². The Hall–Kier alpha value is -4.13. The maximum atomic E-state index is 12.2. The van der Waals surface area contributed by atoms with Gasteiger partial charge in [0.15, 0.2) is 0 Å². The van der Waals surface area contributed by atoms with Crippen molar-refractivity contribution in [2.24, 2.45) is 5.73 Å². The molecule has 0 fully saturated rings. The van der Waals surface area contributed by atoms with Crippen LogP contribution in [-0.4, -0.2) is 21.5 Å². The van der Waals surface area contributed by atoms with Crippen molar-refractivity contribution >= 4 is 34.2 Å². The summed E-state index contributed by atoms with van der Waals surface area (Å²) in [6.45, 7) is 0. The number of urea groups is 1. The SMILES string of the molecule is NC(=O)c1cccc(-n2ccc3cc(NC(=O)Nc4ccccc4)ccc32)n1. The number of nitrogens with one attached hydrogen (secondary N) is 2. The molecular weight excluding hydrogens is 354 g/mol. The van der Waals surface area contributed by atoms with Gasteiger partial charge in [-0.2, -0.15) is 0 Å². The molecule has 0 aliphatic heterocycles. The van der Waals surface area contributed by atoms with Crippen LogP contribution >= 0.6 is 0 Å². The number of nitrogens with zero attached hydrogens (tertiary/aromatic N) is 2. The third-order valence-corrected chi connectivity index (χ3v) is 4.21. The highest BCUT2D eigenvalue weighted by atomic mass is 16.2. The van der Waals surface area contributed by atoms with Crippen LogP contribution in [-0.2, 0) is 0 Å². The number of amides is 3. The fraction of sp³-hybridized carbons (Fsp3) is 0. The molecule has 7 nitrogen and oxygen atoms in total. The van der Waals surface area contributed by atoms with Crippen molar-refractivity contribution in [3.63, 3.8) is 0 Å². The van der Waals surface area contributed by atoms with Gasteiger partial charge < -0.3 is 20.9 Å². The van der Waals surface area contributed by atoms with Crippen molar-refractivity contribution in [1.29, 1.82) is 0 Å². The number of aromatic nitrogens is 2. The van der Waals surface area contributed by atoms with Gasteiger partial charge >= 0.3 is 6.03 Å². The molecule has 4 aromatic rings. The van der Waals surface area contributed by atoms with Gasteiger partial charge in [-0.25, -0.2) is 9.78 Å². The van der Waals surface area contributed by atoms with Crippen LogP contribution < -0.4 is 16.4 Å². The Morgan fingerprint density at radius 2 is 1.64 bits per heavy atom. The van der Waals surface area contributed by atoms with Crippen LogP contribution in [0.25, 0.3) is 16.7 Å². The van der Waals surface area contributed by atoms with Gasteiger partial charge in [0.05, 0.1) is 5.52 Å². The molecule has 4 rings (SSSR count). The summed E-state index contributed by atoms with van der Waals surface area (Å²) >= 11 is 0. The first-order chi connectivity index (χ1) is 13.6. The van der Waals surface area contributed by atoms with E-state index in [1.165, 1.54) is 0 Å². The van der Waals surface area contributed by atoms with Crippen LogP contribution in [0, 0.1) is 0 Å². The number of carbonyl (C=O) groups excluding carboxylic acids is 2. The summed E-state index contributed by atoms with van der Waals surface area (Å²) in [5.74, 6) is 0.0167. The Labute approximate surface area is 160 Å². The quantitative estimate of drug-likeness (QED) is 0.509. The zero-order chi connectivity index (χ0) is 19.5. The minimum absolute atomic E-state index is 0.204. The average Bonchev–Trinajstić information content (AvgIpc) is 3.12. The monoisotopic (exact) mass is 371 g/mol. The number of nitrogens with two attached hydrogens (primary N) is 1. The third kappa shape index (κ3) is 3.54. The van der Waals surface area contributed by atoms with Gasteiger partial charge in [-0.3, -0.25) is 4.79 Å². The van der Waals surface area contributed by atoms with Crippen molar-refractivity contribution in [3.05, 3.63) is 84.7 Å². The van der Waals surface area contributed by atoms with Crippen molar-refractivity contribution < 1.29 is 9.59 Å². The van der Waals surface area contributed by atoms with Crippen LogP contribution in [0.4, 0.5) is 16.2 Å². The Morgan fingerprint density at radius 3 is 2.43 bits per heavy atom. The zero-order valence-corrected chi connectivity index (χ0v) is 14.8. The predicted octanol–water partition coefficient (Wildman–Crippen LogP) is 3.77. The van der Waals surface area contributed by atoms with Gasteiger partial charge in [0.1, 0.15) is 11.5 Å². The molecular formula is C21H17N5O2. The molecule has 0 saturated carbocycles. The second-order valence-corrected chi connectivity index (χ2v) is 6.15. The lowest BCUT2D eigenvalue weighted by Crippen LogP contribution is -2.19. The van der Waals surface area contributed by atoms with E-state index in [1.807, 2.05) is 59.3 Å². The first-order valence-corrected chi connectivity index (χ1v) is 8.61. The Bertz CT molecular complexity index is 1170. The molecule has 0 aliphatic rings. The number of carbonyl (C=O) groups is 2. The second kappa shape index (κ2) is 7.24. The normalized spacial score (nSPS) is 10.6. The summed E-state index contributed by atoms with van der Waals surface area (Å²) in [6.07, 6.45) is 1.85. The number of pyridine rings is 1. The van der Waals surface area contributed by atoms with E-state index < -0.39 is 5.91 Å². The number of fused-ring (bicyclic) bond motifs is 1. The lowest BCUT2D eigenvalue weighted by molar-refractivity contribution is 0.0995. The third-order valence-electron chi connectivity index (χ3n) is 4.21. The average molecular weight is 371 g/mol. The smallest absolute Gasteiger partial charge is 0.323 e. The van der Waals surface area contributed by atoms with E-state index in [2.05, 4.69) is 15.6 Å². The van der Waals surface area contributed by atoms with Gasteiger partial charge in [0.2, 0.25) is 0 Å². The topological polar surface area (TPSA) is 102 Å². The van der Waals surface area contributed by atoms with Crippen LogP contribution in [0.15, 0.2) is 79.0 Å². The van der Waals surface area contributed by atoms with E-state index in [-0.39, 0.29) is 11.7 Å². The molecule has 138 valence electrons. The van der Waals surface area contributed by atoms with Gasteiger partial charge in [-0.1, -0.05) is 24.3 Å². The highest BCUT2D eigenvalue weighted by Crippen LogP contribution is 2.23. The summed E-state index contributed by atoms with van der Waals surface area (Å²) in [7, 11) is 0. The standard InChI is InChI=1S/C21H17N5O2/c22-20(27)17-7-4-8-19(25-17)26-12-11-14-13-16(9-10-18(14)26)24-21(28)23-15-5-2-1-3-6-15/h1-13H,(H2,22,27)(H2,23,24,28). The molecule has 2 heterocycles. The van der Waals surface area contributed by atoms with E-state index >= 15 is 0 Å². The van der Waals surface area contributed by atoms with E-state index in [0.717, 1.165) is 10.9 Å². The lowest BCUT2D eigenvalue weighted by atomic mass is 10.2. The molecule has 0 saturated heterocycles. The van der Waals surface area contributed by atoms with Crippen LogP contribution in [0.2, 0.25) is 0 Å². The molecule has 0 radical (unpaired) electrons. The van der Waals surface area contributed by atoms with Crippen molar-refractivity contribution in [2.75, 3.05) is 10.6 Å². The molecule has 0 atom stereocenters. The number of hydrogen-bond donors (Lipinski definition) is 3. The molecule has 7 heteroatoms. The predicted molar refractivity (Wildman–Crippen MR) is 109 cm³/mol. The first kappa shape index (κ1) is 17.3. The number of anilines is 2. The largest absolute Gasteiger partial charge is 0.364 e. The summed E-state index contributed by atoms with van der Waals surface area (Å²) in [5.41, 5.74) is 7.79. The summed E-state index contributed by atoms with van der Waals surface area (Å²) < 4.78 is 1.86. The van der Waals surface area contributed by atoms with Gasteiger partial charge in [0.25, 0.3) is 5.91 Å². The highest BCUT2D eigenvalue weighted by molar-refractivity contribution is 6.01. The number of rotatable bonds is 4. The summed E-state index contributed by atoms with van der Waals surface area (Å²) in [6, 6.07) is 21.5. The number of hydrogen-bond acceptors (Lipinski definition) is 3. The molecule has 0 bridgehead atoms. The Morgan fingerprint density at radius 1 is 0.857 bits per heavy atom. The summed E-state index contributed by atoms with van der Waals surface area (Å²) in [4.78, 5) is 27.8. The fourth-order valence-electron chi connectivity index (χ4n) is 2.93. The molecule has 0 unspecified atom stereocenters. The molecule has 4 N–H and O–H groups in total. The number of primary amides is 1. The van der Waals surface area contributed by atoms with Crippen molar-refractivity contribution in [1.82, 2.24) is 9.55 Å². The number of benzene rings is 2. The van der Waals surface area contributed by atoms with E-state index in [4.69, 9.17) is 5.73 Å². The van der Waals surface area contributed by atoms with Crippen molar-refractivity contribution in [2.45, 2.75) is 0 Å². The van der Waals surface area contributed by atoms with Crippen LogP contribution in [0.1, 0.15) is 10.5 Å². The summed E-state index contributed by atoms with van der Waals surface area (Å²) in [5, 5.41) is 6.52.